The van der Waals surface area contributed by atoms with Crippen molar-refractivity contribution in [3.8, 4) is 28.5 Å². The van der Waals surface area contributed by atoms with Crippen molar-refractivity contribution in [2.75, 3.05) is 0 Å². The maximum absolute atomic E-state index is 6.30. The molecule has 0 fully saturated rings. The number of fused-ring (bicyclic) bond motifs is 9. The summed E-state index contributed by atoms with van der Waals surface area (Å²) in [6, 6.07) is 48.9. The fourth-order valence-corrected chi connectivity index (χ4v) is 7.82. The van der Waals surface area contributed by atoms with Crippen molar-refractivity contribution in [2.24, 2.45) is 0 Å². The molecule has 0 spiro atoms. The summed E-state index contributed by atoms with van der Waals surface area (Å²) in [6.07, 6.45) is 0. The van der Waals surface area contributed by atoms with Crippen molar-refractivity contribution in [1.29, 1.82) is 0 Å². The number of rotatable bonds is 3. The number of hydrogen-bond donors (Lipinski definition) is 0. The average molecular weight is 594 g/mol. The van der Waals surface area contributed by atoms with Crippen molar-refractivity contribution in [3.05, 3.63) is 140 Å². The number of hydrogen-bond acceptors (Lipinski definition) is 4. The minimum Gasteiger partial charge on any atom is -0.456 e. The standard InChI is InChI=1S/C40H23N3OS/c1-2-10-24(11-3-1)32-23-39(42-40(41-32)25-18-19-38-31(20-25)28-14-6-9-17-37(28)45-38)43-33-15-7-4-12-26(33)29-22-36-30(21-34(29)43)27-13-5-8-16-35(27)44-36/h1-23H. The third-order valence-electron chi connectivity index (χ3n) is 8.82. The van der Waals surface area contributed by atoms with Gasteiger partial charge in [0.05, 0.1) is 16.7 Å². The van der Waals surface area contributed by atoms with Crippen LogP contribution < -0.4 is 0 Å². The summed E-state index contributed by atoms with van der Waals surface area (Å²) >= 11 is 1.82. The first kappa shape index (κ1) is 24.6. The second kappa shape index (κ2) is 9.36. The number of nitrogens with zero attached hydrogens (tertiary/aromatic N) is 3. The summed E-state index contributed by atoms with van der Waals surface area (Å²) in [6.45, 7) is 0. The lowest BCUT2D eigenvalue weighted by molar-refractivity contribution is 0.669. The van der Waals surface area contributed by atoms with Crippen LogP contribution in [0.4, 0.5) is 0 Å². The summed E-state index contributed by atoms with van der Waals surface area (Å²) in [5.74, 6) is 1.52. The zero-order chi connectivity index (χ0) is 29.5. The van der Waals surface area contributed by atoms with Gasteiger partial charge in [0.1, 0.15) is 17.0 Å². The topological polar surface area (TPSA) is 43.9 Å². The Morgan fingerprint density at radius 3 is 2.13 bits per heavy atom. The molecule has 0 bridgehead atoms. The zero-order valence-electron chi connectivity index (χ0n) is 23.9. The highest BCUT2D eigenvalue weighted by molar-refractivity contribution is 7.25. The number of furan rings is 1. The van der Waals surface area contributed by atoms with Crippen LogP contribution in [0.5, 0.6) is 0 Å². The largest absolute Gasteiger partial charge is 0.456 e. The van der Waals surface area contributed by atoms with Gasteiger partial charge in [-0.05, 0) is 48.5 Å². The van der Waals surface area contributed by atoms with E-state index < -0.39 is 0 Å². The van der Waals surface area contributed by atoms with E-state index >= 15 is 0 Å². The van der Waals surface area contributed by atoms with Gasteiger partial charge in [0, 0.05) is 58.9 Å². The van der Waals surface area contributed by atoms with Gasteiger partial charge >= 0.3 is 0 Å². The molecule has 210 valence electrons. The molecule has 0 aliphatic carbocycles. The van der Waals surface area contributed by atoms with Gasteiger partial charge in [-0.3, -0.25) is 4.57 Å². The predicted octanol–water partition coefficient (Wildman–Crippen LogP) is 11.2. The van der Waals surface area contributed by atoms with Gasteiger partial charge in [-0.25, -0.2) is 9.97 Å². The molecule has 10 rings (SSSR count). The normalized spacial score (nSPS) is 12.0. The summed E-state index contributed by atoms with van der Waals surface area (Å²) in [4.78, 5) is 10.5. The Morgan fingerprint density at radius 2 is 1.22 bits per heavy atom. The fourth-order valence-electron chi connectivity index (χ4n) is 6.73. The van der Waals surface area contributed by atoms with Gasteiger partial charge in [0.2, 0.25) is 0 Å². The van der Waals surface area contributed by atoms with Crippen molar-refractivity contribution in [3.63, 3.8) is 0 Å². The molecule has 10 aromatic rings. The molecule has 4 heterocycles. The first-order valence-corrected chi connectivity index (χ1v) is 15.8. The summed E-state index contributed by atoms with van der Waals surface area (Å²) < 4.78 is 11.1. The summed E-state index contributed by atoms with van der Waals surface area (Å²) in [5.41, 5.74) is 6.87. The lowest BCUT2D eigenvalue weighted by atomic mass is 10.1. The van der Waals surface area contributed by atoms with Crippen LogP contribution in [0.1, 0.15) is 0 Å². The van der Waals surface area contributed by atoms with Gasteiger partial charge in [0.15, 0.2) is 5.82 Å². The van der Waals surface area contributed by atoms with Crippen molar-refractivity contribution >= 4 is 75.3 Å². The zero-order valence-corrected chi connectivity index (χ0v) is 24.8. The van der Waals surface area contributed by atoms with Crippen LogP contribution in [-0.2, 0) is 0 Å². The molecule has 0 N–H and O–H groups in total. The molecule has 45 heavy (non-hydrogen) atoms. The second-order valence-corrected chi connectivity index (χ2v) is 12.5. The number of benzene rings is 6. The Kier molecular flexibility index (Phi) is 5.12. The number of aromatic nitrogens is 3. The molecule has 0 saturated carbocycles. The maximum Gasteiger partial charge on any atom is 0.162 e. The SMILES string of the molecule is c1ccc(-c2cc(-n3c4ccccc4c4cc5oc6ccccc6c5cc43)nc(-c3ccc4sc5ccccc5c4c3)n2)cc1. The lowest BCUT2D eigenvalue weighted by Crippen LogP contribution is -2.02. The van der Waals surface area contributed by atoms with Crippen LogP contribution in [0.15, 0.2) is 144 Å². The smallest absolute Gasteiger partial charge is 0.162 e. The van der Waals surface area contributed by atoms with E-state index in [9.17, 15) is 0 Å². The third-order valence-corrected chi connectivity index (χ3v) is 9.97. The molecule has 0 unspecified atom stereocenters. The maximum atomic E-state index is 6.30. The minimum absolute atomic E-state index is 0.698. The molecule has 0 atom stereocenters. The molecular formula is C40H23N3OS. The van der Waals surface area contributed by atoms with E-state index in [1.165, 1.54) is 20.2 Å². The number of para-hydroxylation sites is 2. The number of thiophene rings is 1. The van der Waals surface area contributed by atoms with Crippen LogP contribution in [0.25, 0.3) is 92.4 Å². The molecule has 4 aromatic heterocycles. The average Bonchev–Trinajstić information content (AvgIpc) is 3.76. The van der Waals surface area contributed by atoms with Crippen LogP contribution in [0.2, 0.25) is 0 Å². The molecular weight excluding hydrogens is 571 g/mol. The fraction of sp³-hybridized carbons (Fsp3) is 0. The van der Waals surface area contributed by atoms with Crippen LogP contribution in [-0.4, -0.2) is 14.5 Å². The molecule has 0 amide bonds. The Morgan fingerprint density at radius 1 is 0.467 bits per heavy atom. The first-order chi connectivity index (χ1) is 22.3. The van der Waals surface area contributed by atoms with Gasteiger partial charge in [-0.2, -0.15) is 0 Å². The van der Waals surface area contributed by atoms with E-state index in [-0.39, 0.29) is 0 Å². The van der Waals surface area contributed by atoms with Crippen molar-refractivity contribution < 1.29 is 4.42 Å². The van der Waals surface area contributed by atoms with E-state index in [1.54, 1.807) is 0 Å². The van der Waals surface area contributed by atoms with Crippen molar-refractivity contribution in [1.82, 2.24) is 14.5 Å². The molecule has 0 saturated heterocycles. The summed E-state index contributed by atoms with van der Waals surface area (Å²) in [5, 5.41) is 6.98. The van der Waals surface area contributed by atoms with Crippen LogP contribution >= 0.6 is 11.3 Å². The van der Waals surface area contributed by atoms with Gasteiger partial charge < -0.3 is 4.42 Å². The molecule has 5 heteroatoms. The Hall–Kier alpha value is -5.78. The monoisotopic (exact) mass is 593 g/mol. The highest BCUT2D eigenvalue weighted by Crippen LogP contribution is 2.40. The van der Waals surface area contributed by atoms with E-state index in [2.05, 4.69) is 126 Å². The Balaban J connectivity index is 1.28. The second-order valence-electron chi connectivity index (χ2n) is 11.4. The Bertz CT molecular complexity index is 2770. The molecule has 6 aromatic carbocycles. The highest BCUT2D eigenvalue weighted by atomic mass is 32.1. The van der Waals surface area contributed by atoms with Gasteiger partial charge in [-0.1, -0.05) is 84.9 Å². The molecule has 0 aliphatic heterocycles. The van der Waals surface area contributed by atoms with E-state index in [4.69, 9.17) is 14.4 Å². The van der Waals surface area contributed by atoms with Crippen LogP contribution in [0, 0.1) is 0 Å². The molecule has 4 nitrogen and oxygen atoms in total. The van der Waals surface area contributed by atoms with Crippen LogP contribution in [0.3, 0.4) is 0 Å². The van der Waals surface area contributed by atoms with Crippen molar-refractivity contribution in [2.45, 2.75) is 0 Å². The highest BCUT2D eigenvalue weighted by Gasteiger charge is 2.19. The molecule has 0 radical (unpaired) electrons. The first-order valence-electron chi connectivity index (χ1n) is 15.0. The predicted molar refractivity (Wildman–Crippen MR) is 187 cm³/mol. The van der Waals surface area contributed by atoms with E-state index in [0.29, 0.717) is 5.82 Å². The van der Waals surface area contributed by atoms with E-state index in [0.717, 1.165) is 66.4 Å². The Labute approximate surface area is 261 Å². The van der Waals surface area contributed by atoms with Gasteiger partial charge in [-0.15, -0.1) is 11.3 Å². The summed E-state index contributed by atoms with van der Waals surface area (Å²) in [7, 11) is 0. The lowest BCUT2D eigenvalue weighted by Gasteiger charge is -2.12. The van der Waals surface area contributed by atoms with E-state index in [1.807, 2.05) is 29.5 Å². The third kappa shape index (κ3) is 3.71. The van der Waals surface area contributed by atoms with Gasteiger partial charge in [0.25, 0.3) is 0 Å². The quantitative estimate of drug-likeness (QED) is 0.205. The molecule has 0 aliphatic rings. The minimum atomic E-state index is 0.698.